The number of amides is 1. The molecule has 156 valence electrons. The normalized spacial score (nSPS) is 17.0. The molecular formula is C18H23N5O5S. The number of sulfonamides is 1. The number of hydrogen-bond acceptors (Lipinski definition) is 8. The molecule has 2 heterocycles. The number of anilines is 3. The molecule has 3 rings (SSSR count). The number of ether oxygens (including phenoxy) is 1. The fourth-order valence-corrected chi connectivity index (χ4v) is 3.64. The van der Waals surface area contributed by atoms with Gasteiger partial charge in [0.25, 0.3) is 5.91 Å². The highest BCUT2D eigenvalue weighted by Gasteiger charge is 2.19. The van der Waals surface area contributed by atoms with Crippen molar-refractivity contribution >= 4 is 33.4 Å². The third-order valence-corrected chi connectivity index (χ3v) is 5.46. The molecule has 0 radical (unpaired) electrons. The largest absolute Gasteiger partial charge is 0.395 e. The maximum atomic E-state index is 12.5. The molecule has 29 heavy (non-hydrogen) atoms. The SMILES string of the molecule is CC1CN(c2nccc(NC(=O)c3ccc(NS(=O)(=O)CCO)cc3)n2)CCO1. The van der Waals surface area contributed by atoms with Crippen LogP contribution < -0.4 is 14.9 Å². The van der Waals surface area contributed by atoms with Gasteiger partial charge in [-0.3, -0.25) is 9.52 Å². The summed E-state index contributed by atoms with van der Waals surface area (Å²) in [6.07, 6.45) is 1.66. The van der Waals surface area contributed by atoms with E-state index in [1.807, 2.05) is 11.8 Å². The zero-order chi connectivity index (χ0) is 20.9. The summed E-state index contributed by atoms with van der Waals surface area (Å²) in [5, 5.41) is 11.5. The second-order valence-electron chi connectivity index (χ2n) is 6.55. The van der Waals surface area contributed by atoms with Crippen molar-refractivity contribution in [2.45, 2.75) is 13.0 Å². The van der Waals surface area contributed by atoms with Gasteiger partial charge in [0.2, 0.25) is 16.0 Å². The predicted molar refractivity (Wildman–Crippen MR) is 109 cm³/mol. The van der Waals surface area contributed by atoms with E-state index in [4.69, 9.17) is 9.84 Å². The number of aromatic nitrogens is 2. The number of aliphatic hydroxyl groups is 1. The second-order valence-corrected chi connectivity index (χ2v) is 8.39. The van der Waals surface area contributed by atoms with Crippen molar-refractivity contribution in [2.24, 2.45) is 0 Å². The van der Waals surface area contributed by atoms with Crippen LogP contribution in [0.1, 0.15) is 17.3 Å². The standard InChI is InChI=1S/C18H23N5O5S/c1-13-12-23(8-10-28-13)18-19-7-6-16(21-18)20-17(25)14-2-4-15(5-3-14)22-29(26,27)11-9-24/h2-7,13,22,24H,8-12H2,1H3,(H,19,20,21,25). The maximum absolute atomic E-state index is 12.5. The molecule has 1 amide bonds. The smallest absolute Gasteiger partial charge is 0.256 e. The molecule has 1 unspecified atom stereocenters. The molecule has 3 N–H and O–H groups in total. The van der Waals surface area contributed by atoms with E-state index in [0.717, 1.165) is 0 Å². The summed E-state index contributed by atoms with van der Waals surface area (Å²) in [5.74, 6) is 0.112. The third kappa shape index (κ3) is 5.86. The van der Waals surface area contributed by atoms with Crippen molar-refractivity contribution < 1.29 is 23.1 Å². The minimum absolute atomic E-state index is 0.0823. The summed E-state index contributed by atoms with van der Waals surface area (Å²) in [6, 6.07) is 7.55. The van der Waals surface area contributed by atoms with Crippen molar-refractivity contribution in [1.82, 2.24) is 9.97 Å². The summed E-state index contributed by atoms with van der Waals surface area (Å²) >= 11 is 0. The maximum Gasteiger partial charge on any atom is 0.256 e. The predicted octanol–water partition coefficient (Wildman–Crippen LogP) is 0.688. The molecule has 10 nitrogen and oxygen atoms in total. The Balaban J connectivity index is 1.65. The lowest BCUT2D eigenvalue weighted by Gasteiger charge is -2.31. The zero-order valence-corrected chi connectivity index (χ0v) is 16.7. The number of aliphatic hydroxyl groups excluding tert-OH is 1. The van der Waals surface area contributed by atoms with Crippen LogP contribution in [0.2, 0.25) is 0 Å². The van der Waals surface area contributed by atoms with E-state index in [1.165, 1.54) is 24.3 Å². The summed E-state index contributed by atoms with van der Waals surface area (Å²) in [5.41, 5.74) is 0.649. The average Bonchev–Trinajstić information content (AvgIpc) is 2.68. The number of benzene rings is 1. The number of carbonyl (C=O) groups excluding carboxylic acids is 1. The van der Waals surface area contributed by atoms with Gasteiger partial charge < -0.3 is 20.1 Å². The van der Waals surface area contributed by atoms with E-state index in [9.17, 15) is 13.2 Å². The highest BCUT2D eigenvalue weighted by atomic mass is 32.2. The van der Waals surface area contributed by atoms with Gasteiger partial charge in [-0.05, 0) is 37.3 Å². The van der Waals surface area contributed by atoms with Gasteiger partial charge in [-0.25, -0.2) is 13.4 Å². The Morgan fingerprint density at radius 3 is 2.76 bits per heavy atom. The highest BCUT2D eigenvalue weighted by molar-refractivity contribution is 7.92. The second kappa shape index (κ2) is 9.16. The fourth-order valence-electron chi connectivity index (χ4n) is 2.80. The molecule has 2 aromatic rings. The van der Waals surface area contributed by atoms with Crippen LogP contribution in [0.25, 0.3) is 0 Å². The lowest BCUT2D eigenvalue weighted by molar-refractivity contribution is 0.0526. The number of morpholine rings is 1. The molecule has 1 aromatic carbocycles. The first kappa shape index (κ1) is 21.0. The summed E-state index contributed by atoms with van der Waals surface area (Å²) in [4.78, 5) is 23.1. The van der Waals surface area contributed by atoms with Crippen LogP contribution >= 0.6 is 0 Å². The third-order valence-electron chi connectivity index (χ3n) is 4.19. The molecule has 1 atom stereocenters. The van der Waals surface area contributed by atoms with Gasteiger partial charge in [-0.2, -0.15) is 4.98 Å². The molecule has 1 aliphatic heterocycles. The number of nitrogens with one attached hydrogen (secondary N) is 2. The lowest BCUT2D eigenvalue weighted by atomic mass is 10.2. The summed E-state index contributed by atoms with van der Waals surface area (Å²) in [7, 11) is -3.62. The van der Waals surface area contributed by atoms with Crippen molar-refractivity contribution in [1.29, 1.82) is 0 Å². The Morgan fingerprint density at radius 2 is 2.07 bits per heavy atom. The molecule has 1 aliphatic rings. The molecule has 1 saturated heterocycles. The van der Waals surface area contributed by atoms with Crippen molar-refractivity contribution in [3.8, 4) is 0 Å². The van der Waals surface area contributed by atoms with Crippen molar-refractivity contribution in [3.05, 3.63) is 42.1 Å². The van der Waals surface area contributed by atoms with Gasteiger partial charge in [-0.1, -0.05) is 0 Å². The monoisotopic (exact) mass is 421 g/mol. The lowest BCUT2D eigenvalue weighted by Crippen LogP contribution is -2.42. The molecular weight excluding hydrogens is 398 g/mol. The number of carbonyl (C=O) groups is 1. The molecule has 0 spiro atoms. The first-order valence-corrected chi connectivity index (χ1v) is 10.7. The van der Waals surface area contributed by atoms with Crippen LogP contribution in [0.4, 0.5) is 17.5 Å². The van der Waals surface area contributed by atoms with Crippen molar-refractivity contribution in [3.63, 3.8) is 0 Å². The Labute approximate surface area is 169 Å². The van der Waals surface area contributed by atoms with Crippen LogP contribution in [-0.4, -0.2) is 67.6 Å². The molecule has 1 aromatic heterocycles. The highest BCUT2D eigenvalue weighted by Crippen LogP contribution is 2.16. The van der Waals surface area contributed by atoms with Gasteiger partial charge in [0, 0.05) is 30.5 Å². The van der Waals surface area contributed by atoms with Crippen LogP contribution in [-0.2, 0) is 14.8 Å². The Bertz CT molecular complexity index is 951. The van der Waals surface area contributed by atoms with E-state index in [-0.39, 0.29) is 12.0 Å². The fraction of sp³-hybridized carbons (Fsp3) is 0.389. The molecule has 1 fully saturated rings. The molecule has 0 bridgehead atoms. The Hall–Kier alpha value is -2.76. The topological polar surface area (TPSA) is 134 Å². The van der Waals surface area contributed by atoms with E-state index in [1.54, 1.807) is 12.3 Å². The first-order chi connectivity index (χ1) is 13.9. The average molecular weight is 421 g/mol. The van der Waals surface area contributed by atoms with Crippen LogP contribution in [0, 0.1) is 0 Å². The van der Waals surface area contributed by atoms with Gasteiger partial charge in [-0.15, -0.1) is 0 Å². The van der Waals surface area contributed by atoms with Gasteiger partial charge in [0.05, 0.1) is 25.1 Å². The summed E-state index contributed by atoms with van der Waals surface area (Å²) in [6.45, 7) is 3.45. The Kier molecular flexibility index (Phi) is 6.62. The molecule has 0 aliphatic carbocycles. The minimum Gasteiger partial charge on any atom is -0.395 e. The molecule has 0 saturated carbocycles. The quantitative estimate of drug-likeness (QED) is 0.595. The van der Waals surface area contributed by atoms with Crippen LogP contribution in [0.5, 0.6) is 0 Å². The van der Waals surface area contributed by atoms with Crippen LogP contribution in [0.15, 0.2) is 36.5 Å². The summed E-state index contributed by atoms with van der Waals surface area (Å²) < 4.78 is 31.2. The van der Waals surface area contributed by atoms with E-state index in [2.05, 4.69) is 20.0 Å². The van der Waals surface area contributed by atoms with E-state index < -0.39 is 22.4 Å². The Morgan fingerprint density at radius 1 is 1.31 bits per heavy atom. The van der Waals surface area contributed by atoms with Gasteiger partial charge in [0.15, 0.2) is 0 Å². The molecule has 11 heteroatoms. The van der Waals surface area contributed by atoms with Gasteiger partial charge >= 0.3 is 0 Å². The first-order valence-electron chi connectivity index (χ1n) is 9.08. The van der Waals surface area contributed by atoms with Gasteiger partial charge in [0.1, 0.15) is 5.82 Å². The van der Waals surface area contributed by atoms with E-state index >= 15 is 0 Å². The van der Waals surface area contributed by atoms with Crippen molar-refractivity contribution in [2.75, 3.05) is 47.0 Å². The zero-order valence-electron chi connectivity index (χ0n) is 15.9. The number of nitrogens with zero attached hydrogens (tertiary/aromatic N) is 3. The number of rotatable bonds is 7. The van der Waals surface area contributed by atoms with E-state index in [0.29, 0.717) is 42.7 Å². The number of hydrogen-bond donors (Lipinski definition) is 3. The van der Waals surface area contributed by atoms with Crippen LogP contribution in [0.3, 0.4) is 0 Å². The minimum atomic E-state index is -3.62.